The lowest BCUT2D eigenvalue weighted by Crippen LogP contribution is -2.14. The molecular weight excluding hydrogens is 653 g/mol. The number of thiophene rings is 1. The monoisotopic (exact) mass is 670 g/mol. The Balaban J connectivity index is 1.35. The average Bonchev–Trinajstić information content (AvgIpc) is 3.73. The Labute approximate surface area is 274 Å². The van der Waals surface area contributed by atoms with Crippen LogP contribution in [0.1, 0.15) is 27.1 Å². The molecule has 230 valence electrons. The zero-order chi connectivity index (χ0) is 32.6. The van der Waals surface area contributed by atoms with E-state index in [1.807, 2.05) is 48.5 Å². The number of fused-ring (bicyclic) bond motifs is 10. The van der Waals surface area contributed by atoms with Crippen LogP contribution in [0.3, 0.4) is 0 Å². The Kier molecular flexibility index (Phi) is 5.44. The fraction of sp³-hybridized carbons (Fsp3) is 0. The van der Waals surface area contributed by atoms with Gasteiger partial charge in [-0.3, -0.25) is 0 Å². The van der Waals surface area contributed by atoms with Crippen molar-refractivity contribution in [2.75, 3.05) is 0 Å². The number of rotatable bonds is 2. The smallest absolute Gasteiger partial charge is 0.208 e. The summed E-state index contributed by atoms with van der Waals surface area (Å²) in [6.07, 6.45) is 0. The molecule has 0 spiro atoms. The summed E-state index contributed by atoms with van der Waals surface area (Å²) in [5, 5.41) is 3.93. The van der Waals surface area contributed by atoms with Crippen LogP contribution in [0, 0.1) is 23.3 Å². The first kappa shape index (κ1) is 27.8. The van der Waals surface area contributed by atoms with Gasteiger partial charge in [0.15, 0.2) is 0 Å². The van der Waals surface area contributed by atoms with Crippen LogP contribution in [0.4, 0.5) is 17.6 Å². The van der Waals surface area contributed by atoms with Crippen LogP contribution in [0.15, 0.2) is 119 Å². The number of halogens is 4. The van der Waals surface area contributed by atoms with Gasteiger partial charge in [-0.15, -0.1) is 11.3 Å². The van der Waals surface area contributed by atoms with Crippen molar-refractivity contribution in [1.29, 1.82) is 0 Å². The largest absolute Gasteiger partial charge is 0.218 e. The summed E-state index contributed by atoms with van der Waals surface area (Å²) in [4.78, 5) is 1.08. The Morgan fingerprint density at radius 1 is 0.521 bits per heavy atom. The van der Waals surface area contributed by atoms with Gasteiger partial charge < -0.3 is 0 Å². The highest BCUT2D eigenvalue weighted by Crippen LogP contribution is 2.51. The standard InChI is InChI=1S/C40H18F4O2S2/c41-23-9-21(10-24(42)17-23)35-29-13-19-16-32-30(14-20(19)15-31(29)37-27-5-1-3-7-33(27)47-39(35)37)36(22-11-25(43)18-26(44)12-22)40-38(32)28-6-2-4-8-34(28)48(40,45)46/h1-18H. The van der Waals surface area contributed by atoms with Crippen molar-refractivity contribution in [1.82, 2.24) is 0 Å². The van der Waals surface area contributed by atoms with Crippen molar-refractivity contribution in [2.45, 2.75) is 4.90 Å². The molecule has 0 atom stereocenters. The molecule has 2 heterocycles. The fourth-order valence-electron chi connectivity index (χ4n) is 7.68. The zero-order valence-electron chi connectivity index (χ0n) is 24.5. The quantitative estimate of drug-likeness (QED) is 0.173. The lowest BCUT2D eigenvalue weighted by atomic mass is 9.94. The average molecular weight is 671 g/mol. The first-order chi connectivity index (χ1) is 23.2. The third-order valence-electron chi connectivity index (χ3n) is 9.48. The Hall–Kier alpha value is -5.31. The molecule has 0 saturated carbocycles. The minimum Gasteiger partial charge on any atom is -0.218 e. The molecule has 6 aromatic carbocycles. The lowest BCUT2D eigenvalue weighted by Gasteiger charge is -2.11. The zero-order valence-corrected chi connectivity index (χ0v) is 26.2. The maximum Gasteiger partial charge on any atom is 0.208 e. The second kappa shape index (κ2) is 9.40. The molecule has 7 aromatic rings. The number of hydrogen-bond donors (Lipinski definition) is 0. The van der Waals surface area contributed by atoms with Gasteiger partial charge in [0.1, 0.15) is 23.3 Å². The van der Waals surface area contributed by atoms with Gasteiger partial charge in [0.05, 0.1) is 9.80 Å². The highest BCUT2D eigenvalue weighted by atomic mass is 32.2. The summed E-state index contributed by atoms with van der Waals surface area (Å²) in [7, 11) is -4.03. The van der Waals surface area contributed by atoms with Crippen molar-refractivity contribution < 1.29 is 26.0 Å². The molecule has 48 heavy (non-hydrogen) atoms. The summed E-state index contributed by atoms with van der Waals surface area (Å²) in [6, 6.07) is 29.1. The maximum atomic E-state index is 14.7. The summed E-state index contributed by atoms with van der Waals surface area (Å²) in [5.74, 6) is -2.98. The van der Waals surface area contributed by atoms with Crippen molar-refractivity contribution in [3.63, 3.8) is 0 Å². The fourth-order valence-corrected chi connectivity index (χ4v) is 10.9. The highest BCUT2D eigenvalue weighted by Gasteiger charge is 2.42. The Bertz CT molecular complexity index is 2910. The van der Waals surface area contributed by atoms with E-state index in [-0.39, 0.29) is 20.9 Å². The van der Waals surface area contributed by atoms with Crippen LogP contribution >= 0.6 is 11.3 Å². The van der Waals surface area contributed by atoms with Crippen molar-refractivity contribution in [3.8, 4) is 11.1 Å². The molecular formula is C40H18F4O2S2. The Morgan fingerprint density at radius 2 is 1.08 bits per heavy atom. The maximum absolute atomic E-state index is 14.7. The van der Waals surface area contributed by atoms with Crippen LogP contribution in [0.5, 0.6) is 0 Å². The number of hydrogen-bond acceptors (Lipinski definition) is 3. The van der Waals surface area contributed by atoms with Crippen LogP contribution < -0.4 is 10.4 Å². The molecule has 1 aromatic heterocycles. The van der Waals surface area contributed by atoms with Gasteiger partial charge >= 0.3 is 0 Å². The van der Waals surface area contributed by atoms with E-state index in [1.54, 1.807) is 35.6 Å². The second-order valence-electron chi connectivity index (χ2n) is 12.2. The van der Waals surface area contributed by atoms with Gasteiger partial charge in [0.2, 0.25) is 9.84 Å². The summed E-state index contributed by atoms with van der Waals surface area (Å²) in [6.45, 7) is 0. The van der Waals surface area contributed by atoms with E-state index in [9.17, 15) is 26.0 Å². The molecule has 0 fully saturated rings. The van der Waals surface area contributed by atoms with Crippen LogP contribution in [-0.2, 0) is 9.84 Å². The van der Waals surface area contributed by atoms with E-state index < -0.39 is 33.1 Å². The summed E-state index contributed by atoms with van der Waals surface area (Å²) >= 11 is 1.56. The predicted octanol–water partition coefficient (Wildman–Crippen LogP) is 8.60. The summed E-state index contributed by atoms with van der Waals surface area (Å²) in [5.41, 5.74) is 5.00. The molecule has 8 heteroatoms. The van der Waals surface area contributed by atoms with Gasteiger partial charge in [-0.25, -0.2) is 26.0 Å². The molecule has 2 nitrogen and oxygen atoms in total. The topological polar surface area (TPSA) is 34.1 Å². The van der Waals surface area contributed by atoms with E-state index in [4.69, 9.17) is 0 Å². The van der Waals surface area contributed by atoms with Crippen LogP contribution in [-0.4, -0.2) is 8.42 Å². The third-order valence-corrected chi connectivity index (χ3v) is 12.6. The van der Waals surface area contributed by atoms with E-state index >= 15 is 0 Å². The molecule has 0 radical (unpaired) electrons. The van der Waals surface area contributed by atoms with Crippen molar-refractivity contribution in [3.05, 3.63) is 175 Å². The number of allylic oxidation sites excluding steroid dienone is 1. The SMILES string of the molecule is O=S1(=O)C2=C(c3ccccc31)c1cc3cc4c(cc3cc1=C2c1cc(F)cc(F)c1)-c1c(sc2ccccc12)C=4c1cc(F)cc(F)c1. The first-order valence-electron chi connectivity index (χ1n) is 15.1. The molecule has 0 saturated heterocycles. The minimum atomic E-state index is -4.03. The van der Waals surface area contributed by atoms with Gasteiger partial charge in [0, 0.05) is 54.9 Å². The second-order valence-corrected chi connectivity index (χ2v) is 15.1. The third kappa shape index (κ3) is 3.64. The highest BCUT2D eigenvalue weighted by molar-refractivity contribution is 7.96. The molecule has 1 aliphatic heterocycles. The van der Waals surface area contributed by atoms with Gasteiger partial charge in [-0.2, -0.15) is 0 Å². The van der Waals surface area contributed by atoms with E-state index in [2.05, 4.69) is 0 Å². The van der Waals surface area contributed by atoms with Crippen LogP contribution in [0.25, 0.3) is 48.7 Å². The van der Waals surface area contributed by atoms with E-state index in [1.165, 1.54) is 12.1 Å². The predicted molar refractivity (Wildman–Crippen MR) is 181 cm³/mol. The van der Waals surface area contributed by atoms with Crippen LogP contribution in [0.2, 0.25) is 0 Å². The van der Waals surface area contributed by atoms with E-state index in [0.717, 1.165) is 71.9 Å². The van der Waals surface area contributed by atoms with Gasteiger partial charge in [-0.05, 0) is 104 Å². The van der Waals surface area contributed by atoms with Crippen molar-refractivity contribution >= 4 is 58.8 Å². The summed E-state index contributed by atoms with van der Waals surface area (Å²) < 4.78 is 87.8. The van der Waals surface area contributed by atoms with E-state index in [0.29, 0.717) is 27.5 Å². The molecule has 0 N–H and O–H groups in total. The number of benzene rings is 6. The molecule has 3 aliphatic rings. The van der Waals surface area contributed by atoms with Crippen molar-refractivity contribution in [2.24, 2.45) is 0 Å². The molecule has 0 unspecified atom stereocenters. The lowest BCUT2D eigenvalue weighted by molar-refractivity contribution is 0.581. The number of sulfone groups is 1. The normalized spacial score (nSPS) is 15.2. The first-order valence-corrected chi connectivity index (χ1v) is 17.4. The minimum absolute atomic E-state index is 0.0279. The molecule has 0 bridgehead atoms. The molecule has 10 rings (SSSR count). The Morgan fingerprint density at radius 3 is 1.77 bits per heavy atom. The molecule has 0 amide bonds. The van der Waals surface area contributed by atoms with Gasteiger partial charge in [-0.1, -0.05) is 36.4 Å². The molecule has 2 aliphatic carbocycles. The van der Waals surface area contributed by atoms with Gasteiger partial charge in [0.25, 0.3) is 0 Å².